The summed E-state index contributed by atoms with van der Waals surface area (Å²) in [4.78, 5) is 11.9. The van der Waals surface area contributed by atoms with Crippen molar-refractivity contribution in [3.63, 3.8) is 0 Å². The van der Waals surface area contributed by atoms with Crippen molar-refractivity contribution < 1.29 is 4.79 Å². The summed E-state index contributed by atoms with van der Waals surface area (Å²) in [5, 5.41) is 9.04. The van der Waals surface area contributed by atoms with Gasteiger partial charge in [0.2, 0.25) is 0 Å². The molecule has 0 saturated carbocycles. The lowest BCUT2D eigenvalue weighted by Gasteiger charge is -2.16. The fraction of sp³-hybridized carbons (Fsp3) is 0.533. The third-order valence-electron chi connectivity index (χ3n) is 3.30. The smallest absolute Gasteiger partial charge is 0.319 e. The van der Waals surface area contributed by atoms with E-state index < -0.39 is 0 Å². The van der Waals surface area contributed by atoms with Crippen LogP contribution in [0.25, 0.3) is 0 Å². The summed E-state index contributed by atoms with van der Waals surface area (Å²) < 4.78 is 0. The molecule has 0 bridgehead atoms. The van der Waals surface area contributed by atoms with E-state index in [1.54, 1.807) is 11.8 Å². The van der Waals surface area contributed by atoms with Gasteiger partial charge in [-0.15, -0.1) is 0 Å². The number of hydrogen-bond donors (Lipinski definition) is 3. The zero-order valence-corrected chi connectivity index (χ0v) is 13.5. The van der Waals surface area contributed by atoms with Crippen LogP contribution in [-0.4, -0.2) is 31.1 Å². The lowest BCUT2D eigenvalue weighted by atomic mass is 10.1. The highest BCUT2D eigenvalue weighted by atomic mass is 32.2. The number of urea groups is 1. The molecule has 0 heterocycles. The van der Waals surface area contributed by atoms with Crippen LogP contribution >= 0.6 is 11.8 Å². The number of amides is 2. The number of anilines is 1. The number of hydrogen-bond acceptors (Lipinski definition) is 3. The van der Waals surface area contributed by atoms with E-state index in [0.29, 0.717) is 6.04 Å². The molecule has 1 aromatic rings. The highest BCUT2D eigenvalue weighted by Gasteiger charge is 2.10. The normalized spacial score (nSPS) is 13.6. The van der Waals surface area contributed by atoms with Gasteiger partial charge in [-0.05, 0) is 44.3 Å². The minimum Gasteiger partial charge on any atom is -0.334 e. The SMILES string of the molecule is CCC(CSC)NC(=O)Nc1ccc(C(C)NC)cc1. The predicted octanol–water partition coefficient (Wildman–Crippen LogP) is 3.23. The first-order valence-electron chi connectivity index (χ1n) is 6.94. The molecule has 0 radical (unpaired) electrons. The first-order valence-corrected chi connectivity index (χ1v) is 8.33. The van der Waals surface area contributed by atoms with E-state index in [4.69, 9.17) is 0 Å². The molecule has 0 saturated heterocycles. The van der Waals surface area contributed by atoms with Gasteiger partial charge < -0.3 is 16.0 Å². The molecule has 2 unspecified atom stereocenters. The summed E-state index contributed by atoms with van der Waals surface area (Å²) in [5.41, 5.74) is 2.01. The molecule has 0 aliphatic heterocycles. The van der Waals surface area contributed by atoms with Gasteiger partial charge in [-0.1, -0.05) is 19.1 Å². The minimum atomic E-state index is -0.139. The second-order valence-corrected chi connectivity index (χ2v) is 5.70. The quantitative estimate of drug-likeness (QED) is 0.724. The molecule has 4 nitrogen and oxygen atoms in total. The Morgan fingerprint density at radius 3 is 2.45 bits per heavy atom. The van der Waals surface area contributed by atoms with Gasteiger partial charge in [-0.3, -0.25) is 0 Å². The molecule has 3 N–H and O–H groups in total. The average molecular weight is 295 g/mol. The van der Waals surface area contributed by atoms with Crippen molar-refractivity contribution in [2.75, 3.05) is 24.4 Å². The van der Waals surface area contributed by atoms with Crippen molar-refractivity contribution in [2.45, 2.75) is 32.4 Å². The van der Waals surface area contributed by atoms with Crippen LogP contribution in [-0.2, 0) is 0 Å². The molecular weight excluding hydrogens is 270 g/mol. The van der Waals surface area contributed by atoms with E-state index in [1.807, 2.05) is 37.6 Å². The van der Waals surface area contributed by atoms with Crippen molar-refractivity contribution in [3.05, 3.63) is 29.8 Å². The predicted molar refractivity (Wildman–Crippen MR) is 88.5 cm³/mol. The zero-order valence-electron chi connectivity index (χ0n) is 12.7. The lowest BCUT2D eigenvalue weighted by Crippen LogP contribution is -2.39. The summed E-state index contributed by atoms with van der Waals surface area (Å²) in [6, 6.07) is 8.29. The number of thioether (sulfide) groups is 1. The van der Waals surface area contributed by atoms with Crippen molar-refractivity contribution in [1.29, 1.82) is 0 Å². The van der Waals surface area contributed by atoms with Crippen LogP contribution in [0.3, 0.4) is 0 Å². The Kier molecular flexibility index (Phi) is 7.47. The third-order valence-corrected chi connectivity index (χ3v) is 4.03. The molecule has 0 aromatic heterocycles. The van der Waals surface area contributed by atoms with E-state index in [2.05, 4.69) is 29.8 Å². The van der Waals surface area contributed by atoms with Crippen LogP contribution in [0.1, 0.15) is 31.9 Å². The Morgan fingerprint density at radius 2 is 1.95 bits per heavy atom. The van der Waals surface area contributed by atoms with Crippen LogP contribution in [0.5, 0.6) is 0 Å². The number of carbonyl (C=O) groups is 1. The Hall–Kier alpha value is -1.20. The summed E-state index contributed by atoms with van der Waals surface area (Å²) >= 11 is 1.74. The summed E-state index contributed by atoms with van der Waals surface area (Å²) in [6.45, 7) is 4.18. The molecule has 0 aliphatic rings. The van der Waals surface area contributed by atoms with Crippen LogP contribution in [0.4, 0.5) is 10.5 Å². The van der Waals surface area contributed by atoms with Gasteiger partial charge in [0.05, 0.1) is 0 Å². The fourth-order valence-corrected chi connectivity index (χ4v) is 2.56. The van der Waals surface area contributed by atoms with Gasteiger partial charge in [-0.25, -0.2) is 4.79 Å². The van der Waals surface area contributed by atoms with Crippen molar-refractivity contribution in [1.82, 2.24) is 10.6 Å². The highest BCUT2D eigenvalue weighted by molar-refractivity contribution is 7.98. The lowest BCUT2D eigenvalue weighted by molar-refractivity contribution is 0.249. The van der Waals surface area contributed by atoms with Gasteiger partial charge in [0.1, 0.15) is 0 Å². The van der Waals surface area contributed by atoms with Gasteiger partial charge in [0.25, 0.3) is 0 Å². The molecule has 1 rings (SSSR count). The summed E-state index contributed by atoms with van der Waals surface area (Å²) in [5.74, 6) is 0.933. The maximum absolute atomic E-state index is 11.9. The van der Waals surface area contributed by atoms with E-state index in [0.717, 1.165) is 17.9 Å². The molecular formula is C15H25N3OS. The van der Waals surface area contributed by atoms with Gasteiger partial charge in [0.15, 0.2) is 0 Å². The molecule has 0 aliphatic carbocycles. The van der Waals surface area contributed by atoms with Crippen molar-refractivity contribution in [2.24, 2.45) is 0 Å². The van der Waals surface area contributed by atoms with Crippen molar-refractivity contribution in [3.8, 4) is 0 Å². The molecule has 0 fully saturated rings. The maximum Gasteiger partial charge on any atom is 0.319 e. The summed E-state index contributed by atoms with van der Waals surface area (Å²) in [6.07, 6.45) is 2.98. The first kappa shape index (κ1) is 16.9. The Bertz CT molecular complexity index is 408. The van der Waals surface area contributed by atoms with Gasteiger partial charge in [-0.2, -0.15) is 11.8 Å². The van der Waals surface area contributed by atoms with Crippen LogP contribution in [0, 0.1) is 0 Å². The number of nitrogens with one attached hydrogen (secondary N) is 3. The zero-order chi connectivity index (χ0) is 15.0. The topological polar surface area (TPSA) is 53.2 Å². The van der Waals surface area contributed by atoms with E-state index in [1.165, 1.54) is 5.56 Å². The standard InChI is InChI=1S/C15H25N3OS/c1-5-13(10-20-4)17-15(19)18-14-8-6-12(7-9-14)11(2)16-3/h6-9,11,13,16H,5,10H2,1-4H3,(H2,17,18,19). The molecule has 20 heavy (non-hydrogen) atoms. The molecule has 1 aromatic carbocycles. The Balaban J connectivity index is 2.53. The minimum absolute atomic E-state index is 0.139. The second-order valence-electron chi connectivity index (χ2n) is 4.79. The molecule has 5 heteroatoms. The first-order chi connectivity index (χ1) is 9.60. The highest BCUT2D eigenvalue weighted by Crippen LogP contribution is 2.15. The molecule has 2 atom stereocenters. The number of carbonyl (C=O) groups excluding carboxylic acids is 1. The third kappa shape index (κ3) is 5.43. The Labute approximate surface area is 126 Å². The summed E-state index contributed by atoms with van der Waals surface area (Å²) in [7, 11) is 1.93. The van der Waals surface area contributed by atoms with Gasteiger partial charge >= 0.3 is 6.03 Å². The van der Waals surface area contributed by atoms with E-state index >= 15 is 0 Å². The fourth-order valence-electron chi connectivity index (χ4n) is 1.84. The largest absolute Gasteiger partial charge is 0.334 e. The molecule has 2 amide bonds. The second kappa shape index (κ2) is 8.87. The van der Waals surface area contributed by atoms with Crippen molar-refractivity contribution >= 4 is 23.5 Å². The van der Waals surface area contributed by atoms with Gasteiger partial charge in [0, 0.05) is 23.5 Å². The van der Waals surface area contributed by atoms with E-state index in [9.17, 15) is 4.79 Å². The number of rotatable bonds is 7. The van der Waals surface area contributed by atoms with Crippen LogP contribution < -0.4 is 16.0 Å². The number of benzene rings is 1. The average Bonchev–Trinajstić information content (AvgIpc) is 2.46. The monoisotopic (exact) mass is 295 g/mol. The maximum atomic E-state index is 11.9. The van der Waals surface area contributed by atoms with Crippen LogP contribution in [0.15, 0.2) is 24.3 Å². The molecule has 112 valence electrons. The Morgan fingerprint density at radius 1 is 1.30 bits per heavy atom. The van der Waals surface area contributed by atoms with E-state index in [-0.39, 0.29) is 12.1 Å². The van der Waals surface area contributed by atoms with Crippen LogP contribution in [0.2, 0.25) is 0 Å². The molecule has 0 spiro atoms.